The molecule has 2 nitrogen and oxygen atoms in total. The molecule has 0 saturated carbocycles. The van der Waals surface area contributed by atoms with Crippen molar-refractivity contribution in [2.45, 2.75) is 0 Å². The third kappa shape index (κ3) is 2.11. The van der Waals surface area contributed by atoms with Gasteiger partial charge < -0.3 is 4.84 Å². The molecule has 0 N–H and O–H groups in total. The van der Waals surface area contributed by atoms with Gasteiger partial charge in [0.15, 0.2) is 0 Å². The van der Waals surface area contributed by atoms with Gasteiger partial charge in [-0.05, 0) is 28.1 Å². The molecule has 0 bridgehead atoms. The van der Waals surface area contributed by atoms with E-state index in [0.717, 1.165) is 8.66 Å². The minimum atomic E-state index is 1.08. The molecule has 1 aromatic heterocycles. The summed E-state index contributed by atoms with van der Waals surface area (Å²) in [5.74, 6) is 0. The Morgan fingerprint density at radius 3 is 3.00 bits per heavy atom. The lowest BCUT2D eigenvalue weighted by Crippen LogP contribution is -1.72. The lowest BCUT2D eigenvalue weighted by molar-refractivity contribution is 0.215. The van der Waals surface area contributed by atoms with Crippen LogP contribution in [0.3, 0.4) is 0 Å². The predicted molar refractivity (Wildman–Crippen MR) is 46.6 cm³/mol. The minimum absolute atomic E-state index is 1.08. The van der Waals surface area contributed by atoms with Gasteiger partial charge in [0, 0.05) is 4.88 Å². The van der Waals surface area contributed by atoms with Crippen LogP contribution >= 0.6 is 27.3 Å². The fraction of sp³-hybridized carbons (Fsp3) is 0.167. The maximum absolute atomic E-state index is 4.52. The summed E-state index contributed by atoms with van der Waals surface area (Å²) in [4.78, 5) is 5.59. The van der Waals surface area contributed by atoms with Crippen LogP contribution in [0.15, 0.2) is 21.1 Å². The van der Waals surface area contributed by atoms with Crippen LogP contribution in [-0.4, -0.2) is 13.3 Å². The molecular weight excluding hydrogens is 214 g/mol. The molecule has 10 heavy (non-hydrogen) atoms. The fourth-order valence-corrected chi connectivity index (χ4v) is 1.79. The monoisotopic (exact) mass is 219 g/mol. The lowest BCUT2D eigenvalue weighted by Gasteiger charge is -1.82. The van der Waals surface area contributed by atoms with Crippen molar-refractivity contribution in [1.29, 1.82) is 0 Å². The SMILES string of the molecule is CO/N=C/c1ccc(Br)s1. The number of hydrogen-bond acceptors (Lipinski definition) is 3. The molecule has 0 fully saturated rings. The summed E-state index contributed by atoms with van der Waals surface area (Å²) in [7, 11) is 1.53. The molecule has 0 aliphatic heterocycles. The topological polar surface area (TPSA) is 21.6 Å². The fourth-order valence-electron chi connectivity index (χ4n) is 0.502. The average molecular weight is 220 g/mol. The second-order valence-corrected chi connectivity index (χ2v) is 4.05. The number of thiophene rings is 1. The Morgan fingerprint density at radius 2 is 2.50 bits per heavy atom. The summed E-state index contributed by atoms with van der Waals surface area (Å²) in [5.41, 5.74) is 0. The van der Waals surface area contributed by atoms with Crippen LogP contribution in [0, 0.1) is 0 Å². The standard InChI is InChI=1S/C6H6BrNOS/c1-9-8-4-5-2-3-6(7)10-5/h2-4H,1H3/b8-4+. The summed E-state index contributed by atoms with van der Waals surface area (Å²) in [6.45, 7) is 0. The van der Waals surface area contributed by atoms with E-state index >= 15 is 0 Å². The van der Waals surface area contributed by atoms with E-state index in [1.165, 1.54) is 7.11 Å². The van der Waals surface area contributed by atoms with E-state index in [0.29, 0.717) is 0 Å². The number of rotatable bonds is 2. The van der Waals surface area contributed by atoms with Crippen molar-refractivity contribution in [3.63, 3.8) is 0 Å². The maximum atomic E-state index is 4.52. The van der Waals surface area contributed by atoms with Gasteiger partial charge in [-0.3, -0.25) is 0 Å². The molecular formula is C6H6BrNOS. The zero-order valence-electron chi connectivity index (χ0n) is 5.37. The van der Waals surface area contributed by atoms with Crippen molar-refractivity contribution in [2.24, 2.45) is 5.16 Å². The van der Waals surface area contributed by atoms with E-state index in [9.17, 15) is 0 Å². The van der Waals surface area contributed by atoms with Gasteiger partial charge in [0.2, 0.25) is 0 Å². The Morgan fingerprint density at radius 1 is 1.70 bits per heavy atom. The molecule has 0 amide bonds. The van der Waals surface area contributed by atoms with Crippen molar-refractivity contribution < 1.29 is 4.84 Å². The van der Waals surface area contributed by atoms with Crippen LogP contribution in [0.1, 0.15) is 4.88 Å². The van der Waals surface area contributed by atoms with Gasteiger partial charge >= 0.3 is 0 Å². The zero-order chi connectivity index (χ0) is 7.40. The second kappa shape index (κ2) is 3.73. The molecule has 1 rings (SSSR count). The maximum Gasteiger partial charge on any atom is 0.106 e. The van der Waals surface area contributed by atoms with E-state index in [4.69, 9.17) is 0 Å². The number of oxime groups is 1. The van der Waals surface area contributed by atoms with Crippen LogP contribution < -0.4 is 0 Å². The number of halogens is 1. The highest BCUT2D eigenvalue weighted by atomic mass is 79.9. The summed E-state index contributed by atoms with van der Waals surface area (Å²) in [5, 5.41) is 3.62. The van der Waals surface area contributed by atoms with Crippen LogP contribution in [0.25, 0.3) is 0 Å². The Kier molecular flexibility index (Phi) is 2.89. The van der Waals surface area contributed by atoms with E-state index in [1.54, 1.807) is 17.6 Å². The van der Waals surface area contributed by atoms with Gasteiger partial charge in [-0.15, -0.1) is 11.3 Å². The Hall–Kier alpha value is -0.350. The van der Waals surface area contributed by atoms with Crippen LogP contribution in [0.2, 0.25) is 0 Å². The Labute approximate surface area is 71.6 Å². The summed E-state index contributed by atoms with van der Waals surface area (Å²) in [6, 6.07) is 3.94. The number of hydrogen-bond donors (Lipinski definition) is 0. The normalized spacial score (nSPS) is 10.6. The van der Waals surface area contributed by atoms with E-state index in [1.807, 2.05) is 12.1 Å². The van der Waals surface area contributed by atoms with Gasteiger partial charge in [0.25, 0.3) is 0 Å². The van der Waals surface area contributed by atoms with E-state index in [2.05, 4.69) is 25.9 Å². The molecule has 1 aromatic rings. The van der Waals surface area contributed by atoms with Crippen LogP contribution in [0.5, 0.6) is 0 Å². The first kappa shape index (κ1) is 7.75. The molecule has 0 saturated heterocycles. The van der Waals surface area contributed by atoms with E-state index < -0.39 is 0 Å². The number of nitrogens with zero attached hydrogens (tertiary/aromatic N) is 1. The van der Waals surface area contributed by atoms with Crippen LogP contribution in [-0.2, 0) is 4.84 Å². The third-order valence-electron chi connectivity index (χ3n) is 0.879. The third-order valence-corrected chi connectivity index (χ3v) is 2.44. The molecule has 54 valence electrons. The highest BCUT2D eigenvalue weighted by Gasteiger charge is 1.91. The molecule has 0 aliphatic rings. The molecule has 0 unspecified atom stereocenters. The average Bonchev–Trinajstić information content (AvgIpc) is 2.31. The highest BCUT2D eigenvalue weighted by molar-refractivity contribution is 9.11. The van der Waals surface area contributed by atoms with Crippen molar-refractivity contribution in [3.05, 3.63) is 20.8 Å². The Balaban J connectivity index is 2.67. The molecule has 4 heteroatoms. The second-order valence-electron chi connectivity index (χ2n) is 1.56. The molecule has 1 heterocycles. The first-order valence-corrected chi connectivity index (χ1v) is 4.26. The minimum Gasteiger partial charge on any atom is -0.399 e. The van der Waals surface area contributed by atoms with Crippen molar-refractivity contribution >= 4 is 33.5 Å². The van der Waals surface area contributed by atoms with Gasteiger partial charge in [-0.1, -0.05) is 5.16 Å². The van der Waals surface area contributed by atoms with Crippen molar-refractivity contribution in [2.75, 3.05) is 7.11 Å². The van der Waals surface area contributed by atoms with Gasteiger partial charge in [0.1, 0.15) is 7.11 Å². The first-order chi connectivity index (χ1) is 4.83. The van der Waals surface area contributed by atoms with Crippen molar-refractivity contribution in [3.8, 4) is 0 Å². The molecule has 0 aromatic carbocycles. The van der Waals surface area contributed by atoms with E-state index in [-0.39, 0.29) is 0 Å². The first-order valence-electron chi connectivity index (χ1n) is 2.65. The zero-order valence-corrected chi connectivity index (χ0v) is 7.78. The van der Waals surface area contributed by atoms with Crippen molar-refractivity contribution in [1.82, 2.24) is 0 Å². The summed E-state index contributed by atoms with van der Waals surface area (Å²) >= 11 is 4.96. The van der Waals surface area contributed by atoms with Crippen LogP contribution in [0.4, 0.5) is 0 Å². The highest BCUT2D eigenvalue weighted by Crippen LogP contribution is 2.20. The molecule has 0 aliphatic carbocycles. The lowest BCUT2D eigenvalue weighted by atomic mass is 10.5. The quantitative estimate of drug-likeness (QED) is 0.554. The molecule has 0 atom stereocenters. The summed E-state index contributed by atoms with van der Waals surface area (Å²) in [6.07, 6.45) is 1.68. The Bertz CT molecular complexity index is 233. The van der Waals surface area contributed by atoms with Gasteiger partial charge in [-0.2, -0.15) is 0 Å². The summed E-state index contributed by atoms with van der Waals surface area (Å²) < 4.78 is 1.10. The predicted octanol–water partition coefficient (Wildman–Crippen LogP) is 2.49. The molecule has 0 spiro atoms. The largest absolute Gasteiger partial charge is 0.399 e. The molecule has 0 radical (unpaired) electrons. The van der Waals surface area contributed by atoms with Gasteiger partial charge in [0.05, 0.1) is 10.0 Å². The van der Waals surface area contributed by atoms with Gasteiger partial charge in [-0.25, -0.2) is 0 Å². The smallest absolute Gasteiger partial charge is 0.106 e.